The van der Waals surface area contributed by atoms with E-state index in [1.54, 1.807) is 0 Å². The topological polar surface area (TPSA) is 35.9 Å². The summed E-state index contributed by atoms with van der Waals surface area (Å²) in [4.78, 5) is 2.51. The van der Waals surface area contributed by atoms with Crippen molar-refractivity contribution in [1.29, 1.82) is 0 Å². The molecule has 0 N–H and O–H groups in total. The molecule has 5 nitrogen and oxygen atoms in total. The van der Waals surface area contributed by atoms with Crippen LogP contribution in [0.5, 0.6) is 5.75 Å². The Labute approximate surface area is 194 Å². The molecule has 2 fully saturated rings. The van der Waals surface area contributed by atoms with Gasteiger partial charge >= 0.3 is 0 Å². The minimum absolute atomic E-state index is 0.235. The fraction of sp³-hybridized carbons (Fsp3) is 0.704. The lowest BCUT2D eigenvalue weighted by Gasteiger charge is -2.37. The molecule has 1 aromatic carbocycles. The van der Waals surface area contributed by atoms with E-state index in [4.69, 9.17) is 14.2 Å². The molecule has 0 unspecified atom stereocenters. The van der Waals surface area contributed by atoms with Crippen molar-refractivity contribution in [3.05, 3.63) is 30.5 Å². The van der Waals surface area contributed by atoms with Gasteiger partial charge in [0, 0.05) is 51.3 Å². The van der Waals surface area contributed by atoms with Gasteiger partial charge in [-0.2, -0.15) is 0 Å². The van der Waals surface area contributed by atoms with E-state index in [0.29, 0.717) is 0 Å². The standard InChI is InChI=1S/C27H42N2O3/c1-3-4-5-6-7-8-16-29-17-12-24-10-11-25(21-26(24)29)30-20-9-15-28-18-13-27(14-19-28)31-22-23(2)32-27/h10-12,17,21,23H,3-9,13-16,18-20,22H2,1-2H3/t23-/m0/s1. The SMILES string of the molecule is CCCCCCCCn1ccc2ccc(OCCCN3CCC4(CC3)OC[C@H](C)O4)cc21. The number of hydrogen-bond donors (Lipinski definition) is 0. The van der Waals surface area contributed by atoms with E-state index in [9.17, 15) is 0 Å². The van der Waals surface area contributed by atoms with Crippen molar-refractivity contribution in [3.8, 4) is 5.75 Å². The molecule has 0 aliphatic carbocycles. The number of rotatable bonds is 12. The van der Waals surface area contributed by atoms with Crippen molar-refractivity contribution in [1.82, 2.24) is 9.47 Å². The summed E-state index contributed by atoms with van der Waals surface area (Å²) in [5.74, 6) is 0.687. The van der Waals surface area contributed by atoms with Crippen LogP contribution in [0, 0.1) is 0 Å². The van der Waals surface area contributed by atoms with Crippen molar-refractivity contribution in [2.45, 2.75) is 90.1 Å². The summed E-state index contributed by atoms with van der Waals surface area (Å²) in [5, 5.41) is 1.30. The third kappa shape index (κ3) is 6.27. The van der Waals surface area contributed by atoms with Gasteiger partial charge in [-0.05, 0) is 43.4 Å². The second kappa shape index (κ2) is 11.5. The highest BCUT2D eigenvalue weighted by atomic mass is 16.7. The van der Waals surface area contributed by atoms with Crippen LogP contribution in [-0.4, -0.2) is 54.2 Å². The summed E-state index contributed by atoms with van der Waals surface area (Å²) in [6, 6.07) is 8.73. The first kappa shape index (κ1) is 23.6. The predicted molar refractivity (Wildman–Crippen MR) is 130 cm³/mol. The quantitative estimate of drug-likeness (QED) is 0.378. The minimum atomic E-state index is -0.299. The first-order chi connectivity index (χ1) is 15.7. The molecule has 1 atom stereocenters. The van der Waals surface area contributed by atoms with Gasteiger partial charge in [-0.25, -0.2) is 0 Å². The fourth-order valence-electron chi connectivity index (χ4n) is 5.07. The number of likely N-dealkylation sites (tertiary alicyclic amines) is 1. The maximum atomic E-state index is 6.12. The van der Waals surface area contributed by atoms with Gasteiger partial charge in [0.25, 0.3) is 0 Å². The summed E-state index contributed by atoms with van der Waals surface area (Å²) in [6.07, 6.45) is 13.5. The van der Waals surface area contributed by atoms with E-state index < -0.39 is 0 Å². The fourth-order valence-corrected chi connectivity index (χ4v) is 5.07. The zero-order valence-electron chi connectivity index (χ0n) is 20.2. The number of unbranched alkanes of at least 4 members (excludes halogenated alkanes) is 5. The molecule has 32 heavy (non-hydrogen) atoms. The monoisotopic (exact) mass is 442 g/mol. The second-order valence-electron chi connectivity index (χ2n) is 9.69. The lowest BCUT2D eigenvalue weighted by atomic mass is 10.0. The molecule has 5 heteroatoms. The van der Waals surface area contributed by atoms with Crippen molar-refractivity contribution in [2.24, 2.45) is 0 Å². The van der Waals surface area contributed by atoms with E-state index in [-0.39, 0.29) is 11.9 Å². The molecule has 1 aromatic heterocycles. The lowest BCUT2D eigenvalue weighted by molar-refractivity contribution is -0.193. The molecule has 2 saturated heterocycles. The zero-order valence-corrected chi connectivity index (χ0v) is 20.2. The highest BCUT2D eigenvalue weighted by Gasteiger charge is 2.42. The second-order valence-corrected chi connectivity index (χ2v) is 9.69. The third-order valence-electron chi connectivity index (χ3n) is 7.00. The van der Waals surface area contributed by atoms with Crippen LogP contribution < -0.4 is 4.74 Å². The molecule has 0 saturated carbocycles. The smallest absolute Gasteiger partial charge is 0.171 e. The van der Waals surface area contributed by atoms with Gasteiger partial charge in [-0.1, -0.05) is 39.0 Å². The average Bonchev–Trinajstić information content (AvgIpc) is 3.38. The van der Waals surface area contributed by atoms with Gasteiger partial charge in [0.15, 0.2) is 5.79 Å². The van der Waals surface area contributed by atoms with Gasteiger partial charge in [0.05, 0.1) is 24.8 Å². The van der Waals surface area contributed by atoms with Gasteiger partial charge in [0.2, 0.25) is 0 Å². The Hall–Kier alpha value is -1.56. The minimum Gasteiger partial charge on any atom is -0.493 e. The van der Waals surface area contributed by atoms with E-state index >= 15 is 0 Å². The van der Waals surface area contributed by atoms with Crippen LogP contribution in [0.3, 0.4) is 0 Å². The number of fused-ring (bicyclic) bond motifs is 1. The first-order valence-electron chi connectivity index (χ1n) is 12.9. The number of hydrogen-bond acceptors (Lipinski definition) is 4. The molecule has 0 amide bonds. The van der Waals surface area contributed by atoms with Crippen molar-refractivity contribution in [3.63, 3.8) is 0 Å². The number of piperidine rings is 1. The largest absolute Gasteiger partial charge is 0.493 e. The molecular weight excluding hydrogens is 400 g/mol. The summed E-state index contributed by atoms with van der Waals surface area (Å²) < 4.78 is 20.5. The van der Waals surface area contributed by atoms with E-state index in [2.05, 4.69) is 53.8 Å². The number of benzene rings is 1. The molecule has 4 rings (SSSR count). The average molecular weight is 443 g/mol. The van der Waals surface area contributed by atoms with Crippen LogP contribution in [0.1, 0.15) is 71.6 Å². The number of nitrogens with zero attached hydrogens (tertiary/aromatic N) is 2. The molecule has 178 valence electrons. The maximum absolute atomic E-state index is 6.12. The molecule has 2 aliphatic rings. The molecular formula is C27H42N2O3. The van der Waals surface area contributed by atoms with Gasteiger partial charge in [-0.3, -0.25) is 0 Å². The summed E-state index contributed by atoms with van der Waals surface area (Å²) in [7, 11) is 0. The van der Waals surface area contributed by atoms with Crippen LogP contribution in [0.15, 0.2) is 30.5 Å². The van der Waals surface area contributed by atoms with Crippen molar-refractivity contribution >= 4 is 10.9 Å². The number of aromatic nitrogens is 1. The van der Waals surface area contributed by atoms with Crippen molar-refractivity contribution < 1.29 is 14.2 Å². The Morgan fingerprint density at radius 1 is 1.00 bits per heavy atom. The van der Waals surface area contributed by atoms with E-state index in [1.165, 1.54) is 49.4 Å². The summed E-state index contributed by atoms with van der Waals surface area (Å²) in [5.41, 5.74) is 1.29. The molecule has 0 bridgehead atoms. The Kier molecular flexibility index (Phi) is 8.50. The summed E-state index contributed by atoms with van der Waals surface area (Å²) >= 11 is 0. The van der Waals surface area contributed by atoms with E-state index in [1.807, 2.05) is 0 Å². The molecule has 3 heterocycles. The highest BCUT2D eigenvalue weighted by Crippen LogP contribution is 2.33. The molecule has 2 aliphatic heterocycles. The van der Waals surface area contributed by atoms with Crippen LogP contribution in [-0.2, 0) is 16.0 Å². The Morgan fingerprint density at radius 2 is 1.81 bits per heavy atom. The molecule has 2 aromatic rings. The van der Waals surface area contributed by atoms with Crippen LogP contribution in [0.4, 0.5) is 0 Å². The highest BCUT2D eigenvalue weighted by molar-refractivity contribution is 5.81. The Morgan fingerprint density at radius 3 is 2.59 bits per heavy atom. The first-order valence-corrected chi connectivity index (χ1v) is 12.9. The van der Waals surface area contributed by atoms with Gasteiger partial charge in [0.1, 0.15) is 5.75 Å². The predicted octanol–water partition coefficient (Wildman–Crippen LogP) is 6.00. The third-order valence-corrected chi connectivity index (χ3v) is 7.00. The number of aryl methyl sites for hydroxylation is 1. The van der Waals surface area contributed by atoms with Crippen molar-refractivity contribution in [2.75, 3.05) is 32.8 Å². The van der Waals surface area contributed by atoms with Crippen LogP contribution in [0.2, 0.25) is 0 Å². The van der Waals surface area contributed by atoms with Crippen LogP contribution in [0.25, 0.3) is 10.9 Å². The van der Waals surface area contributed by atoms with Gasteiger partial charge < -0.3 is 23.7 Å². The molecule has 0 radical (unpaired) electrons. The number of ether oxygens (including phenoxy) is 3. The summed E-state index contributed by atoms with van der Waals surface area (Å²) in [6.45, 7) is 10.1. The Bertz CT molecular complexity index is 825. The lowest BCUT2D eigenvalue weighted by Crippen LogP contribution is -2.45. The zero-order chi connectivity index (χ0) is 22.2. The maximum Gasteiger partial charge on any atom is 0.171 e. The van der Waals surface area contributed by atoms with E-state index in [0.717, 1.165) is 64.4 Å². The normalized spacial score (nSPS) is 21.0. The molecule has 1 spiro atoms. The van der Waals surface area contributed by atoms with Gasteiger partial charge in [-0.15, -0.1) is 0 Å². The Balaban J connectivity index is 1.17. The van der Waals surface area contributed by atoms with Crippen LogP contribution >= 0.6 is 0 Å².